The van der Waals surface area contributed by atoms with Gasteiger partial charge in [-0.05, 0) is 13.3 Å². The van der Waals surface area contributed by atoms with Crippen molar-refractivity contribution in [1.29, 1.82) is 0 Å². The van der Waals surface area contributed by atoms with Gasteiger partial charge in [-0.1, -0.05) is 19.1 Å². The molecule has 0 bridgehead atoms. The average Bonchev–Trinajstić information content (AvgIpc) is 2.67. The predicted octanol–water partition coefficient (Wildman–Crippen LogP) is 1.07. The fourth-order valence-corrected chi connectivity index (χ4v) is 1.64. The molecule has 0 aromatic carbocycles. The summed E-state index contributed by atoms with van der Waals surface area (Å²) in [5.74, 6) is 0.701. The summed E-state index contributed by atoms with van der Waals surface area (Å²) >= 11 is 4.94. The van der Waals surface area contributed by atoms with Crippen LogP contribution in [0, 0.1) is 5.41 Å². The number of amides is 1. The number of hydrogen-bond acceptors (Lipinski definition) is 4. The van der Waals surface area contributed by atoms with E-state index >= 15 is 0 Å². The van der Waals surface area contributed by atoms with Gasteiger partial charge in [-0.3, -0.25) is 4.79 Å². The Labute approximate surface area is 111 Å². The smallest absolute Gasteiger partial charge is 0.238 e. The normalized spacial score (nSPS) is 13.8. The van der Waals surface area contributed by atoms with E-state index in [0.717, 1.165) is 0 Å². The van der Waals surface area contributed by atoms with Gasteiger partial charge in [0.1, 0.15) is 0 Å². The third-order valence-electron chi connectivity index (χ3n) is 3.04. The van der Waals surface area contributed by atoms with Gasteiger partial charge in [-0.15, -0.1) is 0 Å². The third kappa shape index (κ3) is 2.61. The van der Waals surface area contributed by atoms with E-state index in [1.165, 1.54) is 11.8 Å². The summed E-state index contributed by atoms with van der Waals surface area (Å²) in [5, 5.41) is 6.80. The van der Waals surface area contributed by atoms with Crippen molar-refractivity contribution in [3.8, 4) is 5.88 Å². The molecule has 100 valence electrons. The van der Waals surface area contributed by atoms with Crippen molar-refractivity contribution in [1.82, 2.24) is 9.78 Å². The highest BCUT2D eigenvalue weighted by molar-refractivity contribution is 7.80. The summed E-state index contributed by atoms with van der Waals surface area (Å²) in [6, 6.07) is 1.63. The number of nitrogens with zero attached hydrogens (tertiary/aromatic N) is 2. The lowest BCUT2D eigenvalue weighted by atomic mass is 9.86. The Kier molecular flexibility index (Phi) is 4.28. The first-order chi connectivity index (χ1) is 8.35. The molecule has 1 aromatic heterocycles. The highest BCUT2D eigenvalue weighted by atomic mass is 32.1. The minimum Gasteiger partial charge on any atom is -0.481 e. The van der Waals surface area contributed by atoms with Gasteiger partial charge < -0.3 is 15.8 Å². The van der Waals surface area contributed by atoms with E-state index in [-0.39, 0.29) is 10.9 Å². The largest absolute Gasteiger partial charge is 0.481 e. The Bertz CT molecular complexity index is 472. The first kappa shape index (κ1) is 14.4. The van der Waals surface area contributed by atoms with E-state index in [1.807, 2.05) is 6.92 Å². The highest BCUT2D eigenvalue weighted by Gasteiger charge is 2.35. The number of hydrogen-bond donors (Lipinski definition) is 2. The molecule has 0 aliphatic carbocycles. The number of aryl methyl sites for hydroxylation is 1. The molecule has 7 heteroatoms. The van der Waals surface area contributed by atoms with Gasteiger partial charge in [0, 0.05) is 13.1 Å². The lowest BCUT2D eigenvalue weighted by molar-refractivity contribution is -0.121. The second kappa shape index (κ2) is 5.34. The number of carbonyl (C=O) groups excluding carboxylic acids is 1. The number of nitrogens with two attached hydrogens (primary N) is 1. The molecule has 1 amide bonds. The number of anilines is 1. The summed E-state index contributed by atoms with van der Waals surface area (Å²) in [6.45, 7) is 3.57. The molecule has 1 heterocycles. The zero-order valence-electron chi connectivity index (χ0n) is 11.0. The molecule has 0 spiro atoms. The summed E-state index contributed by atoms with van der Waals surface area (Å²) in [4.78, 5) is 12.3. The maximum atomic E-state index is 12.1. The molecule has 0 aliphatic heterocycles. The molecule has 18 heavy (non-hydrogen) atoms. The van der Waals surface area contributed by atoms with Crippen molar-refractivity contribution in [2.45, 2.75) is 20.3 Å². The number of rotatable bonds is 5. The van der Waals surface area contributed by atoms with Crippen LogP contribution in [0.2, 0.25) is 0 Å². The molecule has 0 saturated carbocycles. The van der Waals surface area contributed by atoms with Crippen molar-refractivity contribution in [3.63, 3.8) is 0 Å². The van der Waals surface area contributed by atoms with Gasteiger partial charge >= 0.3 is 0 Å². The zero-order chi connectivity index (χ0) is 13.9. The number of methoxy groups -OCH3 is 1. The van der Waals surface area contributed by atoms with E-state index in [2.05, 4.69) is 10.4 Å². The summed E-state index contributed by atoms with van der Waals surface area (Å²) in [7, 11) is 3.26. The zero-order valence-corrected chi connectivity index (χ0v) is 11.8. The van der Waals surface area contributed by atoms with Gasteiger partial charge in [-0.2, -0.15) is 5.10 Å². The standard InChI is InChI=1S/C11H18N4O2S/c1-5-11(2,9(12)18)10(16)13-7-6-8(17-4)15(3)14-7/h6H,5H2,1-4H3,(H2,12,18)(H,13,14,16). The van der Waals surface area contributed by atoms with E-state index in [4.69, 9.17) is 22.7 Å². The van der Waals surface area contributed by atoms with Crippen molar-refractivity contribution in [2.75, 3.05) is 12.4 Å². The second-order valence-corrected chi connectivity index (χ2v) is 4.64. The van der Waals surface area contributed by atoms with E-state index in [1.54, 1.807) is 20.0 Å². The molecular formula is C11H18N4O2S. The number of nitrogens with one attached hydrogen (secondary N) is 1. The first-order valence-electron chi connectivity index (χ1n) is 5.54. The molecule has 1 aromatic rings. The minimum atomic E-state index is -0.875. The minimum absolute atomic E-state index is 0.172. The van der Waals surface area contributed by atoms with Crippen molar-refractivity contribution in [3.05, 3.63) is 6.07 Å². The van der Waals surface area contributed by atoms with Gasteiger partial charge in [0.05, 0.1) is 17.5 Å². The Hall–Kier alpha value is -1.63. The van der Waals surface area contributed by atoms with Crippen LogP contribution in [0.5, 0.6) is 5.88 Å². The van der Waals surface area contributed by atoms with Crippen molar-refractivity contribution in [2.24, 2.45) is 18.2 Å². The molecule has 3 N–H and O–H groups in total. The Morgan fingerprint density at radius 3 is 2.72 bits per heavy atom. The monoisotopic (exact) mass is 270 g/mol. The number of thiocarbonyl (C=S) groups is 1. The van der Waals surface area contributed by atoms with Crippen LogP contribution in [0.3, 0.4) is 0 Å². The molecule has 6 nitrogen and oxygen atoms in total. The van der Waals surface area contributed by atoms with Crippen LogP contribution in [0.25, 0.3) is 0 Å². The van der Waals surface area contributed by atoms with Crippen LogP contribution in [0.4, 0.5) is 5.82 Å². The molecule has 0 fully saturated rings. The van der Waals surface area contributed by atoms with E-state index in [9.17, 15) is 4.79 Å². The van der Waals surface area contributed by atoms with Gasteiger partial charge in [0.2, 0.25) is 11.8 Å². The fourth-order valence-electron chi connectivity index (χ4n) is 1.40. The lowest BCUT2D eigenvalue weighted by Crippen LogP contribution is -2.43. The lowest BCUT2D eigenvalue weighted by Gasteiger charge is -2.24. The van der Waals surface area contributed by atoms with E-state index in [0.29, 0.717) is 18.1 Å². The molecule has 1 rings (SSSR count). The van der Waals surface area contributed by atoms with Crippen molar-refractivity contribution >= 4 is 28.9 Å². The van der Waals surface area contributed by atoms with Gasteiger partial charge in [0.25, 0.3) is 0 Å². The third-order valence-corrected chi connectivity index (χ3v) is 3.49. The Balaban J connectivity index is 2.90. The maximum absolute atomic E-state index is 12.1. The molecule has 1 unspecified atom stereocenters. The predicted molar refractivity (Wildman–Crippen MR) is 73.6 cm³/mol. The van der Waals surface area contributed by atoms with Crippen LogP contribution in [-0.4, -0.2) is 27.8 Å². The summed E-state index contributed by atoms with van der Waals surface area (Å²) in [6.07, 6.45) is 0.526. The second-order valence-electron chi connectivity index (χ2n) is 4.20. The molecule has 0 saturated heterocycles. The Morgan fingerprint density at radius 2 is 2.33 bits per heavy atom. The first-order valence-corrected chi connectivity index (χ1v) is 5.95. The maximum Gasteiger partial charge on any atom is 0.238 e. The van der Waals surface area contributed by atoms with E-state index < -0.39 is 5.41 Å². The summed E-state index contributed by atoms with van der Waals surface area (Å²) in [5.41, 5.74) is 4.74. The average molecular weight is 270 g/mol. The van der Waals surface area contributed by atoms with Crippen molar-refractivity contribution < 1.29 is 9.53 Å². The molecular weight excluding hydrogens is 252 g/mol. The van der Waals surface area contributed by atoms with Crippen LogP contribution in [0.1, 0.15) is 20.3 Å². The molecule has 0 radical (unpaired) electrons. The summed E-state index contributed by atoms with van der Waals surface area (Å²) < 4.78 is 6.59. The van der Waals surface area contributed by atoms with Crippen LogP contribution < -0.4 is 15.8 Å². The quantitative estimate of drug-likeness (QED) is 0.782. The van der Waals surface area contributed by atoms with Gasteiger partial charge in [0.15, 0.2) is 5.82 Å². The van der Waals surface area contributed by atoms with Crippen LogP contribution in [0.15, 0.2) is 6.07 Å². The molecule has 1 atom stereocenters. The Morgan fingerprint density at radius 1 is 1.72 bits per heavy atom. The number of aromatic nitrogens is 2. The van der Waals surface area contributed by atoms with Gasteiger partial charge in [-0.25, -0.2) is 4.68 Å². The topological polar surface area (TPSA) is 82.2 Å². The molecule has 0 aliphatic rings. The number of carbonyl (C=O) groups is 1. The van der Waals surface area contributed by atoms with Crippen LogP contribution in [-0.2, 0) is 11.8 Å². The SMILES string of the molecule is CCC(C)(C(=O)Nc1cc(OC)n(C)n1)C(N)=S. The number of ether oxygens (including phenoxy) is 1. The highest BCUT2D eigenvalue weighted by Crippen LogP contribution is 2.24. The van der Waals surface area contributed by atoms with Crippen LogP contribution >= 0.6 is 12.2 Å². The fraction of sp³-hybridized carbons (Fsp3) is 0.545.